The molecule has 0 saturated heterocycles. The van der Waals surface area contributed by atoms with Crippen molar-refractivity contribution in [3.63, 3.8) is 0 Å². The summed E-state index contributed by atoms with van der Waals surface area (Å²) >= 11 is 0.755. The number of unbranched alkanes of at least 4 members (excludes halogenated alkanes) is 1. The van der Waals surface area contributed by atoms with Gasteiger partial charge in [-0.3, -0.25) is 0 Å². The van der Waals surface area contributed by atoms with Crippen LogP contribution >= 0.6 is 0 Å². The fraction of sp³-hybridized carbons (Fsp3) is 1.00. The molecule has 0 aromatic carbocycles. The molecular weight excluding hydrogens is 187 g/mol. The summed E-state index contributed by atoms with van der Waals surface area (Å²) in [6.07, 6.45) is 2.04. The Kier molecular flexibility index (Phi) is 16.3. The number of aliphatic hydroxyl groups is 1. The molecule has 0 spiro atoms. The third-order valence-electron chi connectivity index (χ3n) is 1.79. The van der Waals surface area contributed by atoms with Crippen LogP contribution in [0.1, 0.15) is 48.9 Å². The fourth-order valence-electron chi connectivity index (χ4n) is 0.921. The zero-order valence-corrected chi connectivity index (χ0v) is 11.9. The number of hydrogen-bond donors (Lipinski definition) is 1. The van der Waals surface area contributed by atoms with E-state index < -0.39 is 0 Å². The minimum atomic E-state index is 0. The zero-order chi connectivity index (χ0) is 11.4. The molecule has 14 heavy (non-hydrogen) atoms. The van der Waals surface area contributed by atoms with E-state index in [-0.39, 0.29) is 1.43 Å². The van der Waals surface area contributed by atoms with Crippen LogP contribution in [0.25, 0.3) is 0 Å². The summed E-state index contributed by atoms with van der Waals surface area (Å²) in [5.41, 5.74) is 0. The van der Waals surface area contributed by atoms with Crippen LogP contribution in [0.3, 0.4) is 0 Å². The van der Waals surface area contributed by atoms with Crippen molar-refractivity contribution >= 4 is 15.2 Å². The van der Waals surface area contributed by atoms with Crippen molar-refractivity contribution in [2.24, 2.45) is 11.8 Å². The monoisotopic (exact) mass is 216 g/mol. The minimum Gasteiger partial charge on any atom is -1.00 e. The predicted octanol–water partition coefficient (Wildman–Crippen LogP) is 3.73. The Hall–Kier alpha value is 0.492. The van der Waals surface area contributed by atoms with Crippen molar-refractivity contribution in [2.75, 3.05) is 6.61 Å². The van der Waals surface area contributed by atoms with Crippen LogP contribution in [-0.2, 0) is 0 Å². The number of rotatable bonds is 6. The van der Waals surface area contributed by atoms with Gasteiger partial charge in [-0.2, -0.15) is 0 Å². The third kappa shape index (κ3) is 22.9. The molecule has 0 amide bonds. The van der Waals surface area contributed by atoms with Gasteiger partial charge in [-0.25, -0.2) is 0 Å². The van der Waals surface area contributed by atoms with E-state index in [1.54, 1.807) is 0 Å². The Balaban J connectivity index is -0.000000208. The number of hydrogen-bond acceptors (Lipinski definition) is 1. The molecule has 0 atom stereocenters. The molecule has 1 N–H and O–H groups in total. The summed E-state index contributed by atoms with van der Waals surface area (Å²) < 4.78 is 0. The smallest absolute Gasteiger partial charge is 0.0430 e. The van der Waals surface area contributed by atoms with Crippen molar-refractivity contribution in [1.82, 2.24) is 0 Å². The van der Waals surface area contributed by atoms with Crippen LogP contribution in [0, 0.1) is 11.8 Å². The zero-order valence-electron chi connectivity index (χ0n) is 11.7. The summed E-state index contributed by atoms with van der Waals surface area (Å²) in [7, 11) is 0. The molecule has 0 aliphatic rings. The first-order valence-corrected chi connectivity index (χ1v) is 7.60. The molecule has 0 heterocycles. The molecule has 2 heteroatoms. The maximum Gasteiger partial charge on any atom is 0.0430 e. The Morgan fingerprint density at radius 1 is 1.07 bits per heavy atom. The van der Waals surface area contributed by atoms with Crippen LogP contribution in [0.4, 0.5) is 0 Å². The Labute approximate surface area is 98.5 Å². The van der Waals surface area contributed by atoms with Gasteiger partial charge < -0.3 is 6.53 Å². The summed E-state index contributed by atoms with van der Waals surface area (Å²) in [6.45, 7) is 11.6. The van der Waals surface area contributed by atoms with Gasteiger partial charge in [0.2, 0.25) is 0 Å². The maximum atomic E-state index is 8.07. The van der Waals surface area contributed by atoms with Gasteiger partial charge in [0.1, 0.15) is 0 Å². The standard InChI is InChI=1S/C4H10O.2C4H9.Al.H/c1-2-3-4-5;2*1-4(2)3;;/h5H,2-4H2,1H3;2*4H,1H2,2-3H3;;/q;;;+1;-1. The Morgan fingerprint density at radius 2 is 1.50 bits per heavy atom. The summed E-state index contributed by atoms with van der Waals surface area (Å²) in [6, 6.07) is 0. The Morgan fingerprint density at radius 3 is 1.64 bits per heavy atom. The van der Waals surface area contributed by atoms with Gasteiger partial charge in [-0.15, -0.1) is 0 Å². The van der Waals surface area contributed by atoms with E-state index in [2.05, 4.69) is 34.6 Å². The van der Waals surface area contributed by atoms with Gasteiger partial charge in [0, 0.05) is 6.61 Å². The molecule has 0 bridgehead atoms. The molecule has 0 saturated carbocycles. The number of aliphatic hydroxyl groups excluding tert-OH is 1. The van der Waals surface area contributed by atoms with E-state index >= 15 is 0 Å². The molecule has 1 nitrogen and oxygen atoms in total. The second kappa shape index (κ2) is 13.5. The van der Waals surface area contributed by atoms with Gasteiger partial charge >= 0.3 is 65.3 Å². The molecule has 0 aromatic heterocycles. The topological polar surface area (TPSA) is 20.2 Å². The van der Waals surface area contributed by atoms with E-state index in [1.165, 1.54) is 10.6 Å². The second-order valence-electron chi connectivity index (χ2n) is 4.62. The van der Waals surface area contributed by atoms with E-state index in [0.29, 0.717) is 6.61 Å². The molecule has 86 valence electrons. The van der Waals surface area contributed by atoms with Gasteiger partial charge in [-0.1, -0.05) is 13.3 Å². The maximum absolute atomic E-state index is 8.07. The first kappa shape index (κ1) is 16.9. The molecular formula is C12H29AlO. The van der Waals surface area contributed by atoms with Gasteiger partial charge in [0.25, 0.3) is 0 Å². The minimum absolute atomic E-state index is 0. The molecule has 0 fully saturated rings. The van der Waals surface area contributed by atoms with Crippen molar-refractivity contribution in [3.05, 3.63) is 0 Å². The molecule has 0 radical (unpaired) electrons. The van der Waals surface area contributed by atoms with E-state index in [0.717, 1.165) is 39.9 Å². The SMILES string of the molecule is CC(C)[CH2][Al+][CH2]C(C)C.CCCCO.[H-]. The van der Waals surface area contributed by atoms with Crippen LogP contribution in [0.5, 0.6) is 0 Å². The average molecular weight is 216 g/mol. The van der Waals surface area contributed by atoms with Crippen molar-refractivity contribution in [3.8, 4) is 0 Å². The first-order chi connectivity index (χ1) is 6.54. The molecule has 0 rings (SSSR count). The summed E-state index contributed by atoms with van der Waals surface area (Å²) in [4.78, 5) is 0. The normalized spacial score (nSPS) is 9.71. The summed E-state index contributed by atoms with van der Waals surface area (Å²) in [5.74, 6) is 1.86. The van der Waals surface area contributed by atoms with Crippen molar-refractivity contribution < 1.29 is 6.53 Å². The van der Waals surface area contributed by atoms with Gasteiger partial charge in [0.05, 0.1) is 0 Å². The predicted molar refractivity (Wildman–Crippen MR) is 68.1 cm³/mol. The third-order valence-corrected chi connectivity index (χ3v) is 4.34. The van der Waals surface area contributed by atoms with E-state index in [9.17, 15) is 0 Å². The van der Waals surface area contributed by atoms with E-state index in [4.69, 9.17) is 5.11 Å². The van der Waals surface area contributed by atoms with Crippen molar-refractivity contribution in [2.45, 2.75) is 58.0 Å². The van der Waals surface area contributed by atoms with Crippen LogP contribution < -0.4 is 0 Å². The van der Waals surface area contributed by atoms with Crippen LogP contribution in [0.2, 0.25) is 10.6 Å². The quantitative estimate of drug-likeness (QED) is 0.671. The molecule has 0 unspecified atom stereocenters. The second-order valence-corrected chi connectivity index (χ2v) is 6.15. The van der Waals surface area contributed by atoms with Crippen molar-refractivity contribution in [1.29, 1.82) is 0 Å². The first-order valence-electron chi connectivity index (χ1n) is 5.97. The van der Waals surface area contributed by atoms with Crippen LogP contribution in [-0.4, -0.2) is 26.9 Å². The average Bonchev–Trinajstić information content (AvgIpc) is 2.05. The molecule has 0 aliphatic heterocycles. The largest absolute Gasteiger partial charge is 1.00 e. The molecule has 0 aliphatic carbocycles. The Bertz CT molecular complexity index is 87.6. The van der Waals surface area contributed by atoms with Gasteiger partial charge in [-0.05, 0) is 6.42 Å². The van der Waals surface area contributed by atoms with E-state index in [1.807, 2.05) is 0 Å². The molecule has 0 aromatic rings. The van der Waals surface area contributed by atoms with Crippen LogP contribution in [0.15, 0.2) is 0 Å². The van der Waals surface area contributed by atoms with Gasteiger partial charge in [0.15, 0.2) is 0 Å². The summed E-state index contributed by atoms with van der Waals surface area (Å²) in [5, 5.41) is 11.0. The fourth-order valence-corrected chi connectivity index (χ4v) is 2.45.